The molecule has 0 aromatic carbocycles. The van der Waals surface area contributed by atoms with Crippen LogP contribution in [0.5, 0.6) is 0 Å². The number of carbonyl (C=O) groups is 1. The van der Waals surface area contributed by atoms with Crippen LogP contribution in [0.1, 0.15) is 245 Å². The van der Waals surface area contributed by atoms with E-state index in [1.54, 1.807) is 0 Å². The summed E-state index contributed by atoms with van der Waals surface area (Å²) >= 11 is 0. The average Bonchev–Trinajstić information content (AvgIpc) is 3.22. The van der Waals surface area contributed by atoms with Crippen LogP contribution in [0.15, 0.2) is 24.3 Å². The SMILES string of the molecule is CCCCC/C=C\C/C=C\CCCCCCCCCCCC(=O)OC(COCCCCCCCCCCCCCCCCCCCCCC)COP(=O)(O)OCC[N+](C)(C)C. The van der Waals surface area contributed by atoms with E-state index in [1.807, 2.05) is 21.1 Å². The van der Waals surface area contributed by atoms with E-state index in [0.717, 1.165) is 38.5 Å². The van der Waals surface area contributed by atoms with E-state index in [-0.39, 0.29) is 25.8 Å². The summed E-state index contributed by atoms with van der Waals surface area (Å²) in [5, 5.41) is 0. The maximum absolute atomic E-state index is 12.8. The number of hydrogen-bond acceptors (Lipinski definition) is 6. The van der Waals surface area contributed by atoms with Gasteiger partial charge in [0.2, 0.25) is 0 Å². The van der Waals surface area contributed by atoms with Crippen molar-refractivity contribution in [3.63, 3.8) is 0 Å². The summed E-state index contributed by atoms with van der Waals surface area (Å²) in [5.41, 5.74) is 0. The Balaban J connectivity index is 4.11. The van der Waals surface area contributed by atoms with Gasteiger partial charge in [-0.1, -0.05) is 218 Å². The summed E-state index contributed by atoms with van der Waals surface area (Å²) < 4.78 is 35.2. The van der Waals surface area contributed by atoms with Gasteiger partial charge in [-0.3, -0.25) is 13.8 Å². The fourth-order valence-electron chi connectivity index (χ4n) is 7.47. The minimum atomic E-state index is -4.28. The molecule has 2 unspecified atom stereocenters. The van der Waals surface area contributed by atoms with Crippen LogP contribution >= 0.6 is 7.82 Å². The van der Waals surface area contributed by atoms with E-state index in [9.17, 15) is 14.3 Å². The standard InChI is InChI=1S/C52H102NO7P/c1-6-8-10-12-14-16-18-20-22-24-26-28-30-32-34-36-38-40-42-44-47-57-49-51(50-59-61(55,56)58-48-46-53(3,4)5)60-52(54)45-43-41-39-37-35-33-31-29-27-25-23-21-19-17-15-13-11-9-7-2/h15,17,21,23,51H,6-14,16,18-20,22,24-50H2,1-5H3/p+1/b17-15-,23-21-. The van der Waals surface area contributed by atoms with E-state index in [1.165, 1.54) is 186 Å². The van der Waals surface area contributed by atoms with Crippen LogP contribution in [-0.4, -0.2) is 75.6 Å². The van der Waals surface area contributed by atoms with Gasteiger partial charge >= 0.3 is 13.8 Å². The molecule has 0 rings (SSSR count). The number of likely N-dealkylation sites (N-methyl/N-ethyl adjacent to an activating group) is 1. The van der Waals surface area contributed by atoms with Gasteiger partial charge in [-0.25, -0.2) is 4.57 Å². The van der Waals surface area contributed by atoms with E-state index >= 15 is 0 Å². The number of phosphoric acid groups is 1. The molecule has 0 heterocycles. The number of rotatable bonds is 49. The third kappa shape index (κ3) is 49.8. The smallest absolute Gasteiger partial charge is 0.457 e. The van der Waals surface area contributed by atoms with Crippen LogP contribution < -0.4 is 0 Å². The third-order valence-electron chi connectivity index (χ3n) is 11.5. The lowest BCUT2D eigenvalue weighted by molar-refractivity contribution is -0.870. The van der Waals surface area contributed by atoms with Crippen LogP contribution in [0.4, 0.5) is 0 Å². The van der Waals surface area contributed by atoms with Crippen molar-refractivity contribution in [2.24, 2.45) is 0 Å². The van der Waals surface area contributed by atoms with Gasteiger partial charge in [0, 0.05) is 13.0 Å². The Morgan fingerprint density at radius 2 is 0.902 bits per heavy atom. The molecular weight excluding hydrogens is 782 g/mol. The second-order valence-corrected chi connectivity index (χ2v) is 20.4. The fourth-order valence-corrected chi connectivity index (χ4v) is 8.21. The maximum atomic E-state index is 12.8. The zero-order valence-electron chi connectivity index (χ0n) is 41.2. The summed E-state index contributed by atoms with van der Waals surface area (Å²) in [7, 11) is 1.68. The van der Waals surface area contributed by atoms with Crippen LogP contribution in [0.2, 0.25) is 0 Å². The van der Waals surface area contributed by atoms with Crippen molar-refractivity contribution in [3.05, 3.63) is 24.3 Å². The molecule has 0 aliphatic carbocycles. The Hall–Kier alpha value is -1.02. The van der Waals surface area contributed by atoms with Crippen molar-refractivity contribution >= 4 is 13.8 Å². The lowest BCUT2D eigenvalue weighted by Gasteiger charge is -2.24. The summed E-state index contributed by atoms with van der Waals surface area (Å²) in [6.07, 6.45) is 53.6. The highest BCUT2D eigenvalue weighted by atomic mass is 31.2. The molecule has 0 aliphatic rings. The normalized spacial score (nSPS) is 13.7. The Labute approximate surface area is 379 Å². The van der Waals surface area contributed by atoms with Gasteiger partial charge in [-0.05, 0) is 44.9 Å². The molecule has 8 nitrogen and oxygen atoms in total. The number of esters is 1. The second kappa shape index (κ2) is 45.5. The molecule has 362 valence electrons. The highest BCUT2D eigenvalue weighted by molar-refractivity contribution is 7.47. The monoisotopic (exact) mass is 885 g/mol. The van der Waals surface area contributed by atoms with Crippen LogP contribution in [0.25, 0.3) is 0 Å². The van der Waals surface area contributed by atoms with Gasteiger partial charge in [0.15, 0.2) is 0 Å². The first-order chi connectivity index (χ1) is 29.6. The summed E-state index contributed by atoms with van der Waals surface area (Å²) in [5.74, 6) is -0.313. The molecule has 61 heavy (non-hydrogen) atoms. The minimum absolute atomic E-state index is 0.0901. The molecule has 0 radical (unpaired) electrons. The number of allylic oxidation sites excluding steroid dienone is 4. The van der Waals surface area contributed by atoms with Gasteiger partial charge < -0.3 is 18.9 Å². The largest absolute Gasteiger partial charge is 0.472 e. The van der Waals surface area contributed by atoms with E-state index in [4.69, 9.17) is 18.5 Å². The van der Waals surface area contributed by atoms with Crippen molar-refractivity contribution in [1.29, 1.82) is 0 Å². The van der Waals surface area contributed by atoms with Gasteiger partial charge in [0.1, 0.15) is 19.3 Å². The van der Waals surface area contributed by atoms with Crippen molar-refractivity contribution < 1.29 is 37.3 Å². The van der Waals surface area contributed by atoms with Gasteiger partial charge in [-0.15, -0.1) is 0 Å². The lowest BCUT2D eigenvalue weighted by atomic mass is 10.0. The molecule has 0 fully saturated rings. The number of quaternary nitrogens is 1. The van der Waals surface area contributed by atoms with Crippen LogP contribution in [0.3, 0.4) is 0 Å². The molecule has 0 aliphatic heterocycles. The highest BCUT2D eigenvalue weighted by Gasteiger charge is 2.26. The molecule has 0 spiro atoms. The molecule has 0 saturated heterocycles. The average molecular weight is 885 g/mol. The van der Waals surface area contributed by atoms with Gasteiger partial charge in [-0.2, -0.15) is 0 Å². The molecule has 1 N–H and O–H groups in total. The first kappa shape index (κ1) is 60.0. The zero-order chi connectivity index (χ0) is 44.8. The summed E-state index contributed by atoms with van der Waals surface area (Å²) in [4.78, 5) is 23.0. The Kier molecular flexibility index (Phi) is 44.8. The molecular formula is C52H103NO7P+. The van der Waals surface area contributed by atoms with Gasteiger partial charge in [0.25, 0.3) is 0 Å². The Bertz CT molecular complexity index is 1030. The lowest BCUT2D eigenvalue weighted by Crippen LogP contribution is -2.37. The predicted octanol–water partition coefficient (Wildman–Crippen LogP) is 16.0. The first-order valence-corrected chi connectivity index (χ1v) is 27.6. The number of phosphoric ester groups is 1. The van der Waals surface area contributed by atoms with Gasteiger partial charge in [0.05, 0.1) is 34.4 Å². The topological polar surface area (TPSA) is 91.3 Å². The molecule has 0 aromatic rings. The van der Waals surface area contributed by atoms with Crippen molar-refractivity contribution in [3.8, 4) is 0 Å². The number of carbonyl (C=O) groups excluding carboxylic acids is 1. The van der Waals surface area contributed by atoms with Crippen molar-refractivity contribution in [2.75, 3.05) is 54.1 Å². The molecule has 0 bridgehead atoms. The minimum Gasteiger partial charge on any atom is -0.457 e. The number of ether oxygens (including phenoxy) is 2. The highest BCUT2D eigenvalue weighted by Crippen LogP contribution is 2.43. The quantitative estimate of drug-likeness (QED) is 0.0214. The molecule has 2 atom stereocenters. The zero-order valence-corrected chi connectivity index (χ0v) is 42.1. The predicted molar refractivity (Wildman–Crippen MR) is 261 cm³/mol. The Morgan fingerprint density at radius 3 is 1.36 bits per heavy atom. The number of unbranched alkanes of at least 4 members (excludes halogenated alkanes) is 31. The molecule has 0 amide bonds. The molecule has 9 heteroatoms. The van der Waals surface area contributed by atoms with Crippen LogP contribution in [0, 0.1) is 0 Å². The summed E-state index contributed by atoms with van der Waals surface area (Å²) in [6, 6.07) is 0. The summed E-state index contributed by atoms with van der Waals surface area (Å²) in [6.45, 7) is 5.65. The van der Waals surface area contributed by atoms with Crippen LogP contribution in [-0.2, 0) is 27.9 Å². The first-order valence-electron chi connectivity index (χ1n) is 26.1. The van der Waals surface area contributed by atoms with E-state index in [2.05, 4.69) is 38.2 Å². The molecule has 0 aromatic heterocycles. The van der Waals surface area contributed by atoms with Crippen molar-refractivity contribution in [1.82, 2.24) is 0 Å². The second-order valence-electron chi connectivity index (χ2n) is 18.9. The number of nitrogens with zero attached hydrogens (tertiary/aromatic N) is 1. The molecule has 0 saturated carbocycles. The fraction of sp³-hybridized carbons (Fsp3) is 0.904. The van der Waals surface area contributed by atoms with Crippen molar-refractivity contribution in [2.45, 2.75) is 251 Å². The van der Waals surface area contributed by atoms with E-state index < -0.39 is 13.9 Å². The van der Waals surface area contributed by atoms with E-state index in [0.29, 0.717) is 24.1 Å². The third-order valence-corrected chi connectivity index (χ3v) is 12.5. The number of hydrogen-bond donors (Lipinski definition) is 1. The maximum Gasteiger partial charge on any atom is 0.472 e. The Morgan fingerprint density at radius 1 is 0.508 bits per heavy atom.